The smallest absolute Gasteiger partial charge is 0.249 e. The van der Waals surface area contributed by atoms with Crippen molar-refractivity contribution in [2.24, 2.45) is 5.92 Å². The van der Waals surface area contributed by atoms with Crippen molar-refractivity contribution in [2.45, 2.75) is 45.3 Å². The molecule has 0 aromatic rings. The van der Waals surface area contributed by atoms with E-state index in [2.05, 4.69) is 5.32 Å². The molecule has 19 heavy (non-hydrogen) atoms. The van der Waals surface area contributed by atoms with Crippen LogP contribution in [0.15, 0.2) is 0 Å². The Bertz CT molecular complexity index is 396. The number of piperazine rings is 1. The highest BCUT2D eigenvalue weighted by Gasteiger charge is 2.42. The largest absolute Gasteiger partial charge is 0.377 e. The standard InChI is InChI=1S/C13H20N2O4/c1-3-9-12(17)14-11(16)7-15(9)13(18)8-5-6-19-10(8)4-2/h8-10H,3-7H2,1-2H3,(H,14,16,17). The molecule has 0 aromatic carbocycles. The van der Waals surface area contributed by atoms with E-state index in [9.17, 15) is 14.4 Å². The first-order chi connectivity index (χ1) is 9.08. The highest BCUT2D eigenvalue weighted by atomic mass is 16.5. The molecule has 6 heteroatoms. The Hall–Kier alpha value is -1.43. The molecule has 2 heterocycles. The summed E-state index contributed by atoms with van der Waals surface area (Å²) >= 11 is 0. The van der Waals surface area contributed by atoms with Gasteiger partial charge < -0.3 is 9.64 Å². The lowest BCUT2D eigenvalue weighted by Crippen LogP contribution is -2.61. The van der Waals surface area contributed by atoms with Crippen molar-refractivity contribution in [3.05, 3.63) is 0 Å². The van der Waals surface area contributed by atoms with E-state index in [1.807, 2.05) is 13.8 Å². The number of amides is 3. The van der Waals surface area contributed by atoms with Crippen molar-refractivity contribution in [1.82, 2.24) is 10.2 Å². The lowest BCUT2D eigenvalue weighted by Gasteiger charge is -2.35. The highest BCUT2D eigenvalue weighted by Crippen LogP contribution is 2.27. The zero-order valence-electron chi connectivity index (χ0n) is 11.3. The topological polar surface area (TPSA) is 75.7 Å². The van der Waals surface area contributed by atoms with Gasteiger partial charge in [-0.25, -0.2) is 0 Å². The number of carbonyl (C=O) groups is 3. The minimum atomic E-state index is -0.539. The average Bonchev–Trinajstić information content (AvgIpc) is 2.85. The summed E-state index contributed by atoms with van der Waals surface area (Å²) in [6, 6.07) is -0.539. The van der Waals surface area contributed by atoms with Crippen LogP contribution in [0, 0.1) is 5.92 Å². The minimum Gasteiger partial charge on any atom is -0.377 e. The van der Waals surface area contributed by atoms with E-state index in [1.54, 1.807) is 0 Å². The predicted octanol–water partition coefficient (Wildman–Crippen LogP) is 0.0651. The van der Waals surface area contributed by atoms with Gasteiger partial charge in [-0.05, 0) is 19.3 Å². The first kappa shape index (κ1) is 14.0. The lowest BCUT2D eigenvalue weighted by molar-refractivity contribution is -0.153. The van der Waals surface area contributed by atoms with E-state index in [-0.39, 0.29) is 30.4 Å². The molecule has 2 aliphatic rings. The Morgan fingerprint density at radius 3 is 2.74 bits per heavy atom. The molecule has 0 aromatic heterocycles. The van der Waals surface area contributed by atoms with Gasteiger partial charge in [0.25, 0.3) is 0 Å². The van der Waals surface area contributed by atoms with Crippen molar-refractivity contribution >= 4 is 17.7 Å². The van der Waals surface area contributed by atoms with Gasteiger partial charge >= 0.3 is 0 Å². The number of nitrogens with zero attached hydrogens (tertiary/aromatic N) is 1. The van der Waals surface area contributed by atoms with Crippen LogP contribution in [0.3, 0.4) is 0 Å². The van der Waals surface area contributed by atoms with Crippen LogP contribution in [0.25, 0.3) is 0 Å². The van der Waals surface area contributed by atoms with Crippen molar-refractivity contribution in [3.63, 3.8) is 0 Å². The van der Waals surface area contributed by atoms with E-state index in [1.165, 1.54) is 4.90 Å². The summed E-state index contributed by atoms with van der Waals surface area (Å²) in [5.74, 6) is -1.13. The second kappa shape index (κ2) is 5.69. The van der Waals surface area contributed by atoms with Crippen LogP contribution in [0.2, 0.25) is 0 Å². The summed E-state index contributed by atoms with van der Waals surface area (Å²) in [7, 11) is 0. The van der Waals surface area contributed by atoms with E-state index in [4.69, 9.17) is 4.74 Å². The third-order valence-corrected chi connectivity index (χ3v) is 3.85. The highest BCUT2D eigenvalue weighted by molar-refractivity contribution is 6.04. The Kier molecular flexibility index (Phi) is 4.19. The Morgan fingerprint density at radius 2 is 2.11 bits per heavy atom. The molecular weight excluding hydrogens is 248 g/mol. The minimum absolute atomic E-state index is 0.0317. The number of hydrogen-bond donors (Lipinski definition) is 1. The SMILES string of the molecule is CCC1OCCC1C(=O)N1CC(=O)NC(=O)C1CC. The molecule has 2 saturated heterocycles. The van der Waals surface area contributed by atoms with E-state index in [0.717, 1.165) is 6.42 Å². The monoisotopic (exact) mass is 268 g/mol. The molecule has 0 aliphatic carbocycles. The van der Waals surface area contributed by atoms with E-state index < -0.39 is 11.9 Å². The Balaban J connectivity index is 2.15. The molecule has 0 saturated carbocycles. The number of rotatable bonds is 3. The van der Waals surface area contributed by atoms with Crippen LogP contribution in [0.4, 0.5) is 0 Å². The number of imide groups is 1. The zero-order valence-corrected chi connectivity index (χ0v) is 11.3. The molecular formula is C13H20N2O4. The molecule has 0 radical (unpaired) electrons. The molecule has 2 aliphatic heterocycles. The van der Waals surface area contributed by atoms with Crippen LogP contribution < -0.4 is 5.32 Å². The summed E-state index contributed by atoms with van der Waals surface area (Å²) in [5.41, 5.74) is 0. The molecule has 6 nitrogen and oxygen atoms in total. The maximum Gasteiger partial charge on any atom is 0.249 e. The molecule has 3 atom stereocenters. The van der Waals surface area contributed by atoms with Crippen molar-refractivity contribution in [2.75, 3.05) is 13.2 Å². The molecule has 1 N–H and O–H groups in total. The van der Waals surface area contributed by atoms with Gasteiger partial charge in [-0.2, -0.15) is 0 Å². The summed E-state index contributed by atoms with van der Waals surface area (Å²) in [6.45, 7) is 4.35. The zero-order chi connectivity index (χ0) is 14.0. The fourth-order valence-electron chi connectivity index (χ4n) is 2.85. The second-order valence-electron chi connectivity index (χ2n) is 5.02. The van der Waals surface area contributed by atoms with Gasteiger partial charge in [-0.3, -0.25) is 19.7 Å². The lowest BCUT2D eigenvalue weighted by atomic mass is 9.96. The van der Waals surface area contributed by atoms with Crippen LogP contribution in [0.5, 0.6) is 0 Å². The average molecular weight is 268 g/mol. The van der Waals surface area contributed by atoms with Crippen LogP contribution in [0.1, 0.15) is 33.1 Å². The van der Waals surface area contributed by atoms with Crippen LogP contribution in [-0.4, -0.2) is 47.9 Å². The maximum atomic E-state index is 12.5. The number of ether oxygens (including phenoxy) is 1. The van der Waals surface area contributed by atoms with Gasteiger partial charge in [0, 0.05) is 6.61 Å². The number of hydrogen-bond acceptors (Lipinski definition) is 4. The predicted molar refractivity (Wildman–Crippen MR) is 67.1 cm³/mol. The van der Waals surface area contributed by atoms with Gasteiger partial charge in [-0.1, -0.05) is 13.8 Å². The molecule has 2 fully saturated rings. The Labute approximate surface area is 112 Å². The fraction of sp³-hybridized carbons (Fsp3) is 0.769. The summed E-state index contributed by atoms with van der Waals surface area (Å²) in [5, 5.41) is 2.28. The van der Waals surface area contributed by atoms with Crippen molar-refractivity contribution in [3.8, 4) is 0 Å². The van der Waals surface area contributed by atoms with Gasteiger partial charge in [0.1, 0.15) is 12.6 Å². The normalized spacial score (nSPS) is 31.5. The third-order valence-electron chi connectivity index (χ3n) is 3.85. The summed E-state index contributed by atoms with van der Waals surface area (Å²) in [6.07, 6.45) is 1.85. The summed E-state index contributed by atoms with van der Waals surface area (Å²) in [4.78, 5) is 37.2. The third kappa shape index (κ3) is 2.63. The Morgan fingerprint density at radius 1 is 1.37 bits per heavy atom. The molecule has 106 valence electrons. The molecule has 3 amide bonds. The van der Waals surface area contributed by atoms with Crippen LogP contribution in [-0.2, 0) is 19.1 Å². The van der Waals surface area contributed by atoms with Gasteiger partial charge in [0.2, 0.25) is 17.7 Å². The second-order valence-corrected chi connectivity index (χ2v) is 5.02. The van der Waals surface area contributed by atoms with Gasteiger partial charge in [-0.15, -0.1) is 0 Å². The molecule has 0 bridgehead atoms. The van der Waals surface area contributed by atoms with E-state index in [0.29, 0.717) is 19.4 Å². The summed E-state index contributed by atoms with van der Waals surface area (Å²) < 4.78 is 5.52. The quantitative estimate of drug-likeness (QED) is 0.735. The number of nitrogens with one attached hydrogen (secondary N) is 1. The fourth-order valence-corrected chi connectivity index (χ4v) is 2.85. The molecule has 2 rings (SSSR count). The molecule has 3 unspecified atom stereocenters. The van der Waals surface area contributed by atoms with Gasteiger partial charge in [0.05, 0.1) is 12.0 Å². The van der Waals surface area contributed by atoms with Gasteiger partial charge in [0.15, 0.2) is 0 Å². The van der Waals surface area contributed by atoms with Crippen molar-refractivity contribution < 1.29 is 19.1 Å². The molecule has 0 spiro atoms. The maximum absolute atomic E-state index is 12.5. The van der Waals surface area contributed by atoms with Crippen molar-refractivity contribution in [1.29, 1.82) is 0 Å². The van der Waals surface area contributed by atoms with E-state index >= 15 is 0 Å². The van der Waals surface area contributed by atoms with Crippen LogP contribution >= 0.6 is 0 Å². The first-order valence-corrected chi connectivity index (χ1v) is 6.84. The first-order valence-electron chi connectivity index (χ1n) is 6.84. The number of carbonyl (C=O) groups excluding carboxylic acids is 3.